The molecule has 1 heterocycles. The molecule has 1 unspecified atom stereocenters. The first kappa shape index (κ1) is 13.8. The van der Waals surface area contributed by atoms with Gasteiger partial charge in [0.2, 0.25) is 5.91 Å². The zero-order valence-electron chi connectivity index (χ0n) is 11.4. The molecule has 0 aromatic carbocycles. The summed E-state index contributed by atoms with van der Waals surface area (Å²) in [6, 6.07) is 0.393. The van der Waals surface area contributed by atoms with Gasteiger partial charge in [-0.1, -0.05) is 0 Å². The summed E-state index contributed by atoms with van der Waals surface area (Å²) in [5.74, 6) is 0.876. The largest absolute Gasteiger partial charge is 0.379 e. The molecule has 2 aliphatic rings. The van der Waals surface area contributed by atoms with Crippen molar-refractivity contribution in [1.29, 1.82) is 0 Å². The highest BCUT2D eigenvalue weighted by Crippen LogP contribution is 2.27. The lowest BCUT2D eigenvalue weighted by Crippen LogP contribution is -2.46. The van der Waals surface area contributed by atoms with Crippen LogP contribution in [-0.4, -0.2) is 30.7 Å². The van der Waals surface area contributed by atoms with Gasteiger partial charge in [-0.2, -0.15) is 0 Å². The van der Waals surface area contributed by atoms with Crippen LogP contribution in [0, 0.1) is 5.92 Å². The van der Waals surface area contributed by atoms with Crippen LogP contribution >= 0.6 is 0 Å². The van der Waals surface area contributed by atoms with Crippen molar-refractivity contribution in [3.63, 3.8) is 0 Å². The van der Waals surface area contributed by atoms with Crippen molar-refractivity contribution in [3.8, 4) is 0 Å². The Labute approximate surface area is 110 Å². The molecule has 2 rings (SSSR count). The number of nitrogens with one attached hydrogen (secondary N) is 1. The minimum atomic E-state index is -0.133. The Bertz CT molecular complexity index is 280. The molecule has 0 bridgehead atoms. The van der Waals surface area contributed by atoms with Crippen molar-refractivity contribution in [2.24, 2.45) is 11.7 Å². The molecule has 1 saturated heterocycles. The van der Waals surface area contributed by atoms with Crippen molar-refractivity contribution in [2.75, 3.05) is 13.2 Å². The molecular weight excluding hydrogens is 228 g/mol. The van der Waals surface area contributed by atoms with Crippen molar-refractivity contribution in [3.05, 3.63) is 0 Å². The van der Waals surface area contributed by atoms with Gasteiger partial charge in [-0.05, 0) is 51.4 Å². The van der Waals surface area contributed by atoms with Gasteiger partial charge in [0.25, 0.3) is 0 Å². The molecule has 0 aromatic heterocycles. The number of ether oxygens (including phenoxy) is 1. The summed E-state index contributed by atoms with van der Waals surface area (Å²) in [7, 11) is 0. The van der Waals surface area contributed by atoms with E-state index in [1.54, 1.807) is 0 Å². The Balaban J connectivity index is 1.65. The van der Waals surface area contributed by atoms with Gasteiger partial charge >= 0.3 is 0 Å². The molecule has 0 aromatic rings. The van der Waals surface area contributed by atoms with Crippen molar-refractivity contribution in [1.82, 2.24) is 5.32 Å². The molecule has 1 amide bonds. The molecule has 2 fully saturated rings. The van der Waals surface area contributed by atoms with E-state index in [9.17, 15) is 4.79 Å². The lowest BCUT2D eigenvalue weighted by atomic mass is 9.83. The first-order chi connectivity index (χ1) is 8.57. The minimum absolute atomic E-state index is 0.133. The van der Waals surface area contributed by atoms with Gasteiger partial charge in [0.1, 0.15) is 0 Å². The quantitative estimate of drug-likeness (QED) is 0.800. The maximum Gasteiger partial charge on any atom is 0.220 e. The second kappa shape index (κ2) is 6.02. The molecule has 1 saturated carbocycles. The third-order valence-corrected chi connectivity index (χ3v) is 4.33. The Morgan fingerprint density at radius 1 is 1.39 bits per heavy atom. The molecule has 0 radical (unpaired) electrons. The van der Waals surface area contributed by atoms with E-state index in [-0.39, 0.29) is 11.4 Å². The summed E-state index contributed by atoms with van der Waals surface area (Å²) >= 11 is 0. The number of rotatable bonds is 4. The second-order valence-corrected chi connectivity index (χ2v) is 6.23. The van der Waals surface area contributed by atoms with Gasteiger partial charge in [-0.3, -0.25) is 4.79 Å². The van der Waals surface area contributed by atoms with Crippen LogP contribution in [0.25, 0.3) is 0 Å². The van der Waals surface area contributed by atoms with Crippen LogP contribution in [0.4, 0.5) is 0 Å². The first-order valence-corrected chi connectivity index (χ1v) is 7.22. The summed E-state index contributed by atoms with van der Waals surface area (Å²) < 4.78 is 5.34. The highest BCUT2D eigenvalue weighted by molar-refractivity contribution is 5.76. The van der Waals surface area contributed by atoms with Crippen LogP contribution in [0.15, 0.2) is 0 Å². The lowest BCUT2D eigenvalue weighted by Gasteiger charge is -2.27. The highest BCUT2D eigenvalue weighted by Gasteiger charge is 2.31. The van der Waals surface area contributed by atoms with E-state index in [1.807, 2.05) is 0 Å². The molecule has 0 spiro atoms. The average molecular weight is 254 g/mol. The van der Waals surface area contributed by atoms with E-state index in [4.69, 9.17) is 10.5 Å². The molecule has 104 valence electrons. The van der Waals surface area contributed by atoms with E-state index < -0.39 is 0 Å². The summed E-state index contributed by atoms with van der Waals surface area (Å²) in [4.78, 5) is 11.9. The number of carbonyl (C=O) groups is 1. The summed E-state index contributed by atoms with van der Waals surface area (Å²) in [6.45, 7) is 3.48. The first-order valence-electron chi connectivity index (χ1n) is 7.22. The highest BCUT2D eigenvalue weighted by atomic mass is 16.5. The Morgan fingerprint density at radius 2 is 2.11 bits per heavy atom. The molecule has 4 heteroatoms. The smallest absolute Gasteiger partial charge is 0.220 e. The normalized spacial score (nSPS) is 36.6. The third kappa shape index (κ3) is 3.95. The number of nitrogens with two attached hydrogens (primary N) is 1. The van der Waals surface area contributed by atoms with Gasteiger partial charge < -0.3 is 15.8 Å². The zero-order chi connectivity index (χ0) is 13.0. The maximum atomic E-state index is 11.9. The van der Waals surface area contributed by atoms with Crippen molar-refractivity contribution < 1.29 is 9.53 Å². The van der Waals surface area contributed by atoms with Gasteiger partial charge in [-0.15, -0.1) is 0 Å². The van der Waals surface area contributed by atoms with Crippen LogP contribution in [0.3, 0.4) is 0 Å². The molecule has 4 nitrogen and oxygen atoms in total. The minimum Gasteiger partial charge on any atom is -0.379 e. The van der Waals surface area contributed by atoms with Crippen molar-refractivity contribution >= 4 is 5.91 Å². The second-order valence-electron chi connectivity index (χ2n) is 6.23. The van der Waals surface area contributed by atoms with Crippen LogP contribution < -0.4 is 11.1 Å². The lowest BCUT2D eigenvalue weighted by molar-refractivity contribution is -0.123. The van der Waals surface area contributed by atoms with Crippen LogP contribution in [0.1, 0.15) is 51.9 Å². The molecular formula is C14H26N2O2. The summed E-state index contributed by atoms with van der Waals surface area (Å²) in [6.07, 6.45) is 7.21. The van der Waals surface area contributed by atoms with E-state index in [2.05, 4.69) is 12.2 Å². The zero-order valence-corrected chi connectivity index (χ0v) is 11.4. The predicted molar refractivity (Wildman–Crippen MR) is 71.2 cm³/mol. The molecule has 1 aliphatic heterocycles. The van der Waals surface area contributed by atoms with Crippen LogP contribution in [-0.2, 0) is 9.53 Å². The van der Waals surface area contributed by atoms with Gasteiger partial charge in [0, 0.05) is 19.1 Å². The number of hydrogen-bond acceptors (Lipinski definition) is 3. The molecule has 1 atom stereocenters. The fraction of sp³-hybridized carbons (Fsp3) is 0.929. The third-order valence-electron chi connectivity index (χ3n) is 4.33. The Kier molecular flexibility index (Phi) is 4.62. The van der Waals surface area contributed by atoms with E-state index >= 15 is 0 Å². The molecule has 18 heavy (non-hydrogen) atoms. The number of hydrogen-bond donors (Lipinski definition) is 2. The van der Waals surface area contributed by atoms with Gasteiger partial charge in [-0.25, -0.2) is 0 Å². The van der Waals surface area contributed by atoms with E-state index in [0.29, 0.717) is 25.0 Å². The fourth-order valence-electron chi connectivity index (χ4n) is 2.98. The maximum absolute atomic E-state index is 11.9. The standard InChI is InChI=1S/C14H26N2O2/c1-14(8-9-18-10-14)16-13(17)7-4-11-2-5-12(15)6-3-11/h11-12H,2-10,15H2,1H3,(H,16,17). The average Bonchev–Trinajstić information content (AvgIpc) is 2.75. The predicted octanol–water partition coefficient (Wildman–Crippen LogP) is 1.58. The van der Waals surface area contributed by atoms with Crippen LogP contribution in [0.2, 0.25) is 0 Å². The SMILES string of the molecule is CC1(NC(=O)CCC2CCC(N)CC2)CCOC1. The Hall–Kier alpha value is -0.610. The monoisotopic (exact) mass is 254 g/mol. The topological polar surface area (TPSA) is 64.4 Å². The number of amides is 1. The van der Waals surface area contributed by atoms with Crippen molar-refractivity contribution in [2.45, 2.75) is 63.5 Å². The number of carbonyl (C=O) groups excluding carboxylic acids is 1. The van der Waals surface area contributed by atoms with Gasteiger partial charge in [0.15, 0.2) is 0 Å². The summed E-state index contributed by atoms with van der Waals surface area (Å²) in [5, 5.41) is 3.11. The van der Waals surface area contributed by atoms with Gasteiger partial charge in [0.05, 0.1) is 12.1 Å². The fourth-order valence-corrected chi connectivity index (χ4v) is 2.98. The summed E-state index contributed by atoms with van der Waals surface area (Å²) in [5.41, 5.74) is 5.75. The molecule has 1 aliphatic carbocycles. The van der Waals surface area contributed by atoms with E-state index in [0.717, 1.165) is 32.3 Å². The van der Waals surface area contributed by atoms with Crippen LogP contribution in [0.5, 0.6) is 0 Å². The molecule has 3 N–H and O–H groups in total. The Morgan fingerprint density at radius 3 is 2.72 bits per heavy atom. The van der Waals surface area contributed by atoms with E-state index in [1.165, 1.54) is 12.8 Å².